The number of carbonyl (C=O) groups excluding carboxylic acids is 1. The summed E-state index contributed by atoms with van der Waals surface area (Å²) in [6.07, 6.45) is 1.67. The van der Waals surface area contributed by atoms with Gasteiger partial charge in [-0.15, -0.1) is 0 Å². The summed E-state index contributed by atoms with van der Waals surface area (Å²) in [5, 5.41) is 6.04. The van der Waals surface area contributed by atoms with E-state index in [4.69, 9.17) is 4.74 Å². The number of hydrogen-bond donors (Lipinski definition) is 2. The molecule has 104 valence electrons. The van der Waals surface area contributed by atoms with Crippen LogP contribution in [-0.4, -0.2) is 32.3 Å². The highest BCUT2D eigenvalue weighted by Gasteiger charge is 2.35. The van der Waals surface area contributed by atoms with Crippen LogP contribution in [-0.2, 0) is 10.2 Å². The standard InChI is InChI=1S/C15H22N2O2/c1-2-17-14(18)19-12-15(8-10-16-11-9-15)13-6-4-3-5-7-13/h3-7,16H,2,8-12H2,1H3,(H,17,18). The first kappa shape index (κ1) is 13.9. The topological polar surface area (TPSA) is 50.4 Å². The molecule has 0 unspecified atom stereocenters. The highest BCUT2D eigenvalue weighted by atomic mass is 16.5. The maximum Gasteiger partial charge on any atom is 0.407 e. The Morgan fingerprint density at radius 3 is 2.63 bits per heavy atom. The molecule has 4 nitrogen and oxygen atoms in total. The lowest BCUT2D eigenvalue weighted by Gasteiger charge is -2.37. The minimum absolute atomic E-state index is 0.0441. The van der Waals surface area contributed by atoms with Crippen LogP contribution in [0.25, 0.3) is 0 Å². The predicted octanol–water partition coefficient (Wildman–Crippen LogP) is 2.05. The molecule has 1 heterocycles. The molecule has 1 aromatic rings. The van der Waals surface area contributed by atoms with Crippen LogP contribution in [0.3, 0.4) is 0 Å². The van der Waals surface area contributed by atoms with E-state index in [0.717, 1.165) is 25.9 Å². The molecule has 0 radical (unpaired) electrons. The second-order valence-corrected chi connectivity index (χ2v) is 5.00. The molecule has 2 N–H and O–H groups in total. The normalized spacial score (nSPS) is 17.7. The fourth-order valence-electron chi connectivity index (χ4n) is 2.61. The van der Waals surface area contributed by atoms with E-state index in [0.29, 0.717) is 13.2 Å². The van der Waals surface area contributed by atoms with Gasteiger partial charge >= 0.3 is 6.09 Å². The third-order valence-corrected chi connectivity index (χ3v) is 3.75. The average molecular weight is 262 g/mol. The number of benzene rings is 1. The van der Waals surface area contributed by atoms with Crippen molar-refractivity contribution >= 4 is 6.09 Å². The Balaban J connectivity index is 2.09. The first-order valence-electron chi connectivity index (χ1n) is 6.94. The van der Waals surface area contributed by atoms with Crippen molar-refractivity contribution in [3.63, 3.8) is 0 Å². The molecule has 1 saturated heterocycles. The van der Waals surface area contributed by atoms with Crippen LogP contribution in [0.2, 0.25) is 0 Å². The molecule has 1 aliphatic rings. The summed E-state index contributed by atoms with van der Waals surface area (Å²) in [6, 6.07) is 10.4. The van der Waals surface area contributed by atoms with E-state index in [2.05, 4.69) is 22.8 Å². The summed E-state index contributed by atoms with van der Waals surface area (Å²) < 4.78 is 5.40. The molecule has 1 aromatic carbocycles. The zero-order chi connectivity index (χ0) is 13.6. The summed E-state index contributed by atoms with van der Waals surface area (Å²) in [5.41, 5.74) is 1.22. The molecule has 0 saturated carbocycles. The summed E-state index contributed by atoms with van der Waals surface area (Å²) in [7, 11) is 0. The second kappa shape index (κ2) is 6.57. The van der Waals surface area contributed by atoms with Crippen LogP contribution < -0.4 is 10.6 Å². The third-order valence-electron chi connectivity index (χ3n) is 3.75. The largest absolute Gasteiger partial charge is 0.449 e. The molecule has 0 atom stereocenters. The van der Waals surface area contributed by atoms with Gasteiger partial charge in [0, 0.05) is 12.0 Å². The zero-order valence-electron chi connectivity index (χ0n) is 11.4. The number of ether oxygens (including phenoxy) is 1. The molecule has 2 rings (SSSR count). The number of piperidine rings is 1. The quantitative estimate of drug-likeness (QED) is 0.873. The first-order chi connectivity index (χ1) is 9.27. The molecule has 0 aliphatic carbocycles. The number of amides is 1. The summed E-state index contributed by atoms with van der Waals surface area (Å²) in [6.45, 7) is 4.86. The van der Waals surface area contributed by atoms with Crippen molar-refractivity contribution in [2.45, 2.75) is 25.2 Å². The molecule has 1 amide bonds. The summed E-state index contributed by atoms with van der Waals surface area (Å²) >= 11 is 0. The number of carbonyl (C=O) groups is 1. The van der Waals surface area contributed by atoms with Crippen LogP contribution in [0.4, 0.5) is 4.79 Å². The van der Waals surface area contributed by atoms with Crippen molar-refractivity contribution in [2.24, 2.45) is 0 Å². The number of nitrogens with one attached hydrogen (secondary N) is 2. The Morgan fingerprint density at radius 2 is 2.00 bits per heavy atom. The van der Waals surface area contributed by atoms with Gasteiger partial charge in [-0.3, -0.25) is 0 Å². The number of alkyl carbamates (subject to hydrolysis) is 1. The summed E-state index contributed by atoms with van der Waals surface area (Å²) in [4.78, 5) is 11.5. The van der Waals surface area contributed by atoms with E-state index in [1.165, 1.54) is 5.56 Å². The Bertz CT molecular complexity index is 400. The highest BCUT2D eigenvalue weighted by Crippen LogP contribution is 2.33. The van der Waals surface area contributed by atoms with Gasteiger partial charge in [0.15, 0.2) is 0 Å². The van der Waals surface area contributed by atoms with E-state index in [-0.39, 0.29) is 11.5 Å². The van der Waals surface area contributed by atoms with Crippen LogP contribution >= 0.6 is 0 Å². The lowest BCUT2D eigenvalue weighted by atomic mass is 9.74. The van der Waals surface area contributed by atoms with E-state index in [1.807, 2.05) is 25.1 Å². The molecule has 1 fully saturated rings. The SMILES string of the molecule is CCNC(=O)OCC1(c2ccccc2)CCNCC1. The van der Waals surface area contributed by atoms with Gasteiger partial charge in [-0.25, -0.2) is 4.79 Å². The van der Waals surface area contributed by atoms with Crippen molar-refractivity contribution in [1.29, 1.82) is 0 Å². The van der Waals surface area contributed by atoms with Gasteiger partial charge in [-0.1, -0.05) is 30.3 Å². The highest BCUT2D eigenvalue weighted by molar-refractivity contribution is 5.67. The lowest BCUT2D eigenvalue weighted by molar-refractivity contribution is 0.102. The molecular formula is C15H22N2O2. The first-order valence-corrected chi connectivity index (χ1v) is 6.94. The van der Waals surface area contributed by atoms with E-state index < -0.39 is 0 Å². The Labute approximate surface area is 114 Å². The maximum atomic E-state index is 11.5. The van der Waals surface area contributed by atoms with Gasteiger partial charge in [-0.05, 0) is 38.4 Å². The zero-order valence-corrected chi connectivity index (χ0v) is 11.4. The Kier molecular flexibility index (Phi) is 4.80. The van der Waals surface area contributed by atoms with Gasteiger partial charge in [0.05, 0.1) is 0 Å². The van der Waals surface area contributed by atoms with Gasteiger partial charge in [-0.2, -0.15) is 0 Å². The Hall–Kier alpha value is -1.55. The van der Waals surface area contributed by atoms with Crippen molar-refractivity contribution < 1.29 is 9.53 Å². The molecule has 0 bridgehead atoms. The van der Waals surface area contributed by atoms with E-state index in [9.17, 15) is 4.79 Å². The maximum absolute atomic E-state index is 11.5. The predicted molar refractivity (Wildman–Crippen MR) is 75.2 cm³/mol. The smallest absolute Gasteiger partial charge is 0.407 e. The molecule has 19 heavy (non-hydrogen) atoms. The molecule has 4 heteroatoms. The average Bonchev–Trinajstić information content (AvgIpc) is 2.47. The summed E-state index contributed by atoms with van der Waals surface area (Å²) in [5.74, 6) is 0. The van der Waals surface area contributed by atoms with Crippen LogP contribution in [0.5, 0.6) is 0 Å². The van der Waals surface area contributed by atoms with Crippen LogP contribution in [0.1, 0.15) is 25.3 Å². The van der Waals surface area contributed by atoms with Crippen LogP contribution in [0.15, 0.2) is 30.3 Å². The van der Waals surface area contributed by atoms with E-state index in [1.54, 1.807) is 0 Å². The number of rotatable bonds is 4. The number of hydrogen-bond acceptors (Lipinski definition) is 3. The fraction of sp³-hybridized carbons (Fsp3) is 0.533. The minimum atomic E-state index is -0.323. The van der Waals surface area contributed by atoms with Crippen molar-refractivity contribution in [2.75, 3.05) is 26.2 Å². The monoisotopic (exact) mass is 262 g/mol. The second-order valence-electron chi connectivity index (χ2n) is 5.00. The van der Waals surface area contributed by atoms with Crippen molar-refractivity contribution in [1.82, 2.24) is 10.6 Å². The Morgan fingerprint density at radius 1 is 1.32 bits per heavy atom. The molecule has 1 aliphatic heterocycles. The van der Waals surface area contributed by atoms with Gasteiger partial charge < -0.3 is 15.4 Å². The van der Waals surface area contributed by atoms with Crippen molar-refractivity contribution in [3.8, 4) is 0 Å². The molecule has 0 aromatic heterocycles. The van der Waals surface area contributed by atoms with Crippen molar-refractivity contribution in [3.05, 3.63) is 35.9 Å². The third kappa shape index (κ3) is 3.47. The van der Waals surface area contributed by atoms with Gasteiger partial charge in [0.1, 0.15) is 6.61 Å². The van der Waals surface area contributed by atoms with E-state index >= 15 is 0 Å². The molecule has 0 spiro atoms. The van der Waals surface area contributed by atoms with Gasteiger partial charge in [0.2, 0.25) is 0 Å². The van der Waals surface area contributed by atoms with Gasteiger partial charge in [0.25, 0.3) is 0 Å². The fourth-order valence-corrected chi connectivity index (χ4v) is 2.61. The van der Waals surface area contributed by atoms with Crippen LogP contribution in [0, 0.1) is 0 Å². The lowest BCUT2D eigenvalue weighted by Crippen LogP contribution is -2.44. The minimum Gasteiger partial charge on any atom is -0.449 e. The molecular weight excluding hydrogens is 240 g/mol.